The number of carbonyl (C=O) groups excluding carboxylic acids is 1. The van der Waals surface area contributed by atoms with Crippen LogP contribution in [0.3, 0.4) is 0 Å². The summed E-state index contributed by atoms with van der Waals surface area (Å²) in [6.45, 7) is 0. The number of nitrogens with one attached hydrogen (secondary N) is 1. The van der Waals surface area contributed by atoms with Gasteiger partial charge in [-0.25, -0.2) is 14.0 Å². The molecule has 0 aliphatic carbocycles. The van der Waals surface area contributed by atoms with Gasteiger partial charge in [-0.15, -0.1) is 11.8 Å². The maximum absolute atomic E-state index is 13.5. The number of carbonyl (C=O) groups is 2. The van der Waals surface area contributed by atoms with Gasteiger partial charge in [0.1, 0.15) is 6.04 Å². The van der Waals surface area contributed by atoms with E-state index in [1.807, 2.05) is 0 Å². The quantitative estimate of drug-likeness (QED) is 0.890. The summed E-state index contributed by atoms with van der Waals surface area (Å²) in [7, 11) is 1.34. The molecule has 1 fully saturated rings. The molecule has 2 amide bonds. The molecule has 1 aromatic rings. The molecule has 1 aliphatic heterocycles. The molecule has 1 aliphatic rings. The van der Waals surface area contributed by atoms with E-state index < -0.39 is 23.9 Å². The fourth-order valence-electron chi connectivity index (χ4n) is 1.79. The maximum Gasteiger partial charge on any atom is 0.327 e. The SMILES string of the molecule is COc1ccc(NC(=O)N2CSCC2C(=O)O)cc1F. The van der Waals surface area contributed by atoms with Gasteiger partial charge in [0.25, 0.3) is 0 Å². The minimum Gasteiger partial charge on any atom is -0.494 e. The van der Waals surface area contributed by atoms with E-state index in [9.17, 15) is 14.0 Å². The second kappa shape index (κ2) is 6.00. The van der Waals surface area contributed by atoms with Crippen LogP contribution in [0.1, 0.15) is 0 Å². The van der Waals surface area contributed by atoms with Crippen LogP contribution < -0.4 is 10.1 Å². The lowest BCUT2D eigenvalue weighted by Gasteiger charge is -2.21. The number of anilines is 1. The zero-order valence-corrected chi connectivity index (χ0v) is 11.4. The molecule has 1 aromatic carbocycles. The van der Waals surface area contributed by atoms with Crippen molar-refractivity contribution < 1.29 is 23.8 Å². The van der Waals surface area contributed by atoms with Gasteiger partial charge in [-0.05, 0) is 12.1 Å². The fraction of sp³-hybridized carbons (Fsp3) is 0.333. The highest BCUT2D eigenvalue weighted by Gasteiger charge is 2.34. The van der Waals surface area contributed by atoms with Crippen molar-refractivity contribution >= 4 is 29.4 Å². The van der Waals surface area contributed by atoms with Crippen LogP contribution in [0.5, 0.6) is 5.75 Å². The van der Waals surface area contributed by atoms with Crippen LogP contribution in [0.2, 0.25) is 0 Å². The van der Waals surface area contributed by atoms with Gasteiger partial charge in [0.2, 0.25) is 0 Å². The minimum absolute atomic E-state index is 0.0724. The van der Waals surface area contributed by atoms with Gasteiger partial charge in [0.05, 0.1) is 13.0 Å². The van der Waals surface area contributed by atoms with Crippen LogP contribution in [0, 0.1) is 5.82 Å². The Bertz CT molecular complexity index is 540. The summed E-state index contributed by atoms with van der Waals surface area (Å²) in [6.07, 6.45) is 0. The molecule has 1 atom stereocenters. The molecule has 0 aromatic heterocycles. The van der Waals surface area contributed by atoms with E-state index in [0.717, 1.165) is 6.07 Å². The van der Waals surface area contributed by atoms with E-state index in [1.54, 1.807) is 0 Å². The number of methoxy groups -OCH3 is 1. The first-order chi connectivity index (χ1) is 9.52. The average molecular weight is 300 g/mol. The van der Waals surface area contributed by atoms with E-state index >= 15 is 0 Å². The summed E-state index contributed by atoms with van der Waals surface area (Å²) < 4.78 is 18.3. The van der Waals surface area contributed by atoms with E-state index in [1.165, 1.54) is 35.9 Å². The smallest absolute Gasteiger partial charge is 0.327 e. The molecule has 20 heavy (non-hydrogen) atoms. The molecular formula is C12H13FN2O4S. The number of halogens is 1. The third-order valence-corrected chi connectivity index (χ3v) is 3.84. The van der Waals surface area contributed by atoms with Gasteiger partial charge in [0, 0.05) is 17.5 Å². The van der Waals surface area contributed by atoms with Crippen molar-refractivity contribution in [3.8, 4) is 5.75 Å². The molecule has 2 rings (SSSR count). The third-order valence-electron chi connectivity index (χ3n) is 2.83. The standard InChI is InChI=1S/C12H13FN2O4S/c1-19-10-3-2-7(4-8(10)13)14-12(18)15-6-20-5-9(15)11(16)17/h2-4,9H,5-6H2,1H3,(H,14,18)(H,16,17). The van der Waals surface area contributed by atoms with Crippen LogP contribution >= 0.6 is 11.8 Å². The summed E-state index contributed by atoms with van der Waals surface area (Å²) in [6, 6.07) is 2.57. The lowest BCUT2D eigenvalue weighted by Crippen LogP contribution is -2.43. The van der Waals surface area contributed by atoms with Crippen LogP contribution in [0.4, 0.5) is 14.9 Å². The summed E-state index contributed by atoms with van der Waals surface area (Å²) in [5, 5.41) is 11.5. The van der Waals surface area contributed by atoms with E-state index in [2.05, 4.69) is 5.32 Å². The molecule has 1 unspecified atom stereocenters. The Morgan fingerprint density at radius 1 is 1.55 bits per heavy atom. The Kier molecular flexibility index (Phi) is 4.33. The third kappa shape index (κ3) is 2.96. The first kappa shape index (κ1) is 14.4. The monoisotopic (exact) mass is 300 g/mol. The number of aliphatic carboxylic acids is 1. The number of urea groups is 1. The number of hydrogen-bond donors (Lipinski definition) is 2. The van der Waals surface area contributed by atoms with Gasteiger partial charge >= 0.3 is 12.0 Å². The van der Waals surface area contributed by atoms with Gasteiger partial charge in [0.15, 0.2) is 11.6 Å². The number of benzene rings is 1. The molecule has 8 heteroatoms. The number of rotatable bonds is 3. The molecule has 108 valence electrons. The molecule has 0 bridgehead atoms. The Labute approximate surface area is 118 Å². The Hall–Kier alpha value is -1.96. The first-order valence-electron chi connectivity index (χ1n) is 5.74. The van der Waals surface area contributed by atoms with Gasteiger partial charge in [-0.2, -0.15) is 0 Å². The number of ether oxygens (including phenoxy) is 1. The van der Waals surface area contributed by atoms with Crippen molar-refractivity contribution in [1.29, 1.82) is 0 Å². The van der Waals surface area contributed by atoms with Crippen molar-refractivity contribution in [1.82, 2.24) is 4.90 Å². The molecule has 0 radical (unpaired) electrons. The average Bonchev–Trinajstić information content (AvgIpc) is 2.88. The van der Waals surface area contributed by atoms with E-state index in [0.29, 0.717) is 11.6 Å². The van der Waals surface area contributed by atoms with Gasteiger partial charge in [-0.1, -0.05) is 0 Å². The molecule has 1 saturated heterocycles. The summed E-state index contributed by atoms with van der Waals surface area (Å²) >= 11 is 1.36. The van der Waals surface area contributed by atoms with Crippen molar-refractivity contribution in [2.45, 2.75) is 6.04 Å². The second-order valence-corrected chi connectivity index (χ2v) is 5.10. The molecule has 6 nitrogen and oxygen atoms in total. The highest BCUT2D eigenvalue weighted by Crippen LogP contribution is 2.24. The van der Waals surface area contributed by atoms with Crippen LogP contribution in [0.25, 0.3) is 0 Å². The Balaban J connectivity index is 2.08. The lowest BCUT2D eigenvalue weighted by atomic mass is 10.3. The number of thioether (sulfide) groups is 1. The summed E-state index contributed by atoms with van der Waals surface area (Å²) in [5.41, 5.74) is 0.245. The summed E-state index contributed by atoms with van der Waals surface area (Å²) in [5.74, 6) is -0.939. The Morgan fingerprint density at radius 3 is 2.90 bits per heavy atom. The molecule has 2 N–H and O–H groups in total. The van der Waals surface area contributed by atoms with Gasteiger partial charge in [-0.3, -0.25) is 0 Å². The number of carboxylic acid groups (broad SMARTS) is 1. The molecule has 0 spiro atoms. The zero-order valence-electron chi connectivity index (χ0n) is 10.6. The molecule has 0 saturated carbocycles. The van der Waals surface area contributed by atoms with Crippen molar-refractivity contribution in [2.75, 3.05) is 24.1 Å². The minimum atomic E-state index is -1.05. The number of amides is 2. The highest BCUT2D eigenvalue weighted by atomic mass is 32.2. The van der Waals surface area contributed by atoms with Crippen LogP contribution in [-0.2, 0) is 4.79 Å². The predicted octanol–water partition coefficient (Wildman–Crippen LogP) is 1.83. The highest BCUT2D eigenvalue weighted by molar-refractivity contribution is 7.99. The van der Waals surface area contributed by atoms with Crippen LogP contribution in [-0.4, -0.2) is 46.8 Å². The predicted molar refractivity (Wildman–Crippen MR) is 72.6 cm³/mol. The lowest BCUT2D eigenvalue weighted by molar-refractivity contribution is -0.140. The first-order valence-corrected chi connectivity index (χ1v) is 6.90. The normalized spacial score (nSPS) is 17.9. The fourth-order valence-corrected chi connectivity index (χ4v) is 2.93. The van der Waals surface area contributed by atoms with Crippen molar-refractivity contribution in [2.24, 2.45) is 0 Å². The maximum atomic E-state index is 13.5. The van der Waals surface area contributed by atoms with Crippen molar-refractivity contribution in [3.05, 3.63) is 24.0 Å². The largest absolute Gasteiger partial charge is 0.494 e. The van der Waals surface area contributed by atoms with E-state index in [4.69, 9.17) is 9.84 Å². The zero-order chi connectivity index (χ0) is 14.7. The topological polar surface area (TPSA) is 78.9 Å². The summed E-state index contributed by atoms with van der Waals surface area (Å²) in [4.78, 5) is 24.2. The molecule has 1 heterocycles. The molecular weight excluding hydrogens is 287 g/mol. The number of nitrogens with zero attached hydrogens (tertiary/aromatic N) is 1. The Morgan fingerprint density at radius 2 is 2.30 bits per heavy atom. The second-order valence-electron chi connectivity index (χ2n) is 4.10. The van der Waals surface area contributed by atoms with Crippen molar-refractivity contribution in [3.63, 3.8) is 0 Å². The number of hydrogen-bond acceptors (Lipinski definition) is 4. The van der Waals surface area contributed by atoms with Gasteiger partial charge < -0.3 is 20.1 Å². The van der Waals surface area contributed by atoms with Crippen LogP contribution in [0.15, 0.2) is 18.2 Å². The number of carboxylic acids is 1. The van der Waals surface area contributed by atoms with E-state index in [-0.39, 0.29) is 11.4 Å².